The number of alkyl halides is 3. The maximum absolute atomic E-state index is 13.5. The number of nitrogens with one attached hydrogen (secondary N) is 2. The molecule has 0 amide bonds. The van der Waals surface area contributed by atoms with Crippen molar-refractivity contribution in [2.24, 2.45) is 0 Å². The molecule has 0 aliphatic carbocycles. The molecule has 2 N–H and O–H groups in total. The smallest absolute Gasteiger partial charge is 0.354 e. The molecule has 4 rings (SSSR count). The number of aromatic nitrogens is 2. The minimum Gasteiger partial charge on any atom is -0.354 e. The highest BCUT2D eigenvalue weighted by molar-refractivity contribution is 8.00. The fourth-order valence-corrected chi connectivity index (χ4v) is 4.13. The molecule has 5 nitrogen and oxygen atoms in total. The minimum atomic E-state index is -4.65. The molecule has 1 aromatic carbocycles. The number of hydrogen-bond acceptors (Lipinski definition) is 6. The Balaban J connectivity index is 1.58. The van der Waals surface area contributed by atoms with Crippen LogP contribution in [0, 0.1) is 5.82 Å². The van der Waals surface area contributed by atoms with Crippen molar-refractivity contribution in [1.82, 2.24) is 15.3 Å². The Morgan fingerprint density at radius 2 is 1.81 bits per heavy atom. The molecule has 0 atom stereocenters. The molecule has 0 spiro atoms. The van der Waals surface area contributed by atoms with Gasteiger partial charge in [0.25, 0.3) is 0 Å². The van der Waals surface area contributed by atoms with Crippen LogP contribution in [0.5, 0.6) is 0 Å². The quantitative estimate of drug-likeness (QED) is 0.370. The molecule has 168 valence electrons. The van der Waals surface area contributed by atoms with Gasteiger partial charge in [-0.1, -0.05) is 17.7 Å². The maximum atomic E-state index is 13.5. The van der Waals surface area contributed by atoms with E-state index in [4.69, 9.17) is 11.6 Å². The Bertz CT molecular complexity index is 1110. The molecule has 3 heterocycles. The number of anilines is 2. The number of halogens is 5. The molecular weight excluding hydrogens is 466 g/mol. The van der Waals surface area contributed by atoms with Crippen LogP contribution in [0.3, 0.4) is 0 Å². The van der Waals surface area contributed by atoms with Gasteiger partial charge in [-0.05, 0) is 42.5 Å². The van der Waals surface area contributed by atoms with E-state index in [9.17, 15) is 17.6 Å². The van der Waals surface area contributed by atoms with E-state index < -0.39 is 17.6 Å². The highest BCUT2D eigenvalue weighted by Crippen LogP contribution is 2.39. The number of rotatable bonds is 5. The van der Waals surface area contributed by atoms with Crippen LogP contribution in [0.2, 0.25) is 5.02 Å². The highest BCUT2D eigenvalue weighted by Gasteiger charge is 2.35. The standard InChI is InChI=1S/C21H18ClF4N5S/c22-16-12-13(23)4-5-14(16)20-15(21(24,25)26)6-7-17(28-20)30-32-19-3-1-2-18(29-19)31-10-8-27-9-11-31/h1-7,12,27H,8-11H2,(H,28,30). The molecule has 2 aromatic heterocycles. The Morgan fingerprint density at radius 1 is 1.03 bits per heavy atom. The molecule has 3 aromatic rings. The Labute approximate surface area is 191 Å². The number of hydrogen-bond donors (Lipinski definition) is 2. The minimum absolute atomic E-state index is 0.00660. The highest BCUT2D eigenvalue weighted by atomic mass is 35.5. The molecule has 1 saturated heterocycles. The first-order valence-corrected chi connectivity index (χ1v) is 10.9. The van der Waals surface area contributed by atoms with Crippen LogP contribution in [0.25, 0.3) is 11.3 Å². The van der Waals surface area contributed by atoms with Gasteiger partial charge in [0.05, 0.1) is 16.3 Å². The van der Waals surface area contributed by atoms with Crippen molar-refractivity contribution >= 4 is 35.2 Å². The second-order valence-electron chi connectivity index (χ2n) is 6.99. The van der Waals surface area contributed by atoms with E-state index in [1.807, 2.05) is 12.1 Å². The molecule has 1 aliphatic heterocycles. The Hall–Kier alpha value is -2.56. The van der Waals surface area contributed by atoms with E-state index in [2.05, 4.69) is 24.9 Å². The van der Waals surface area contributed by atoms with Crippen LogP contribution in [0.4, 0.5) is 29.2 Å². The van der Waals surface area contributed by atoms with E-state index in [1.54, 1.807) is 6.07 Å². The zero-order chi connectivity index (χ0) is 22.7. The summed E-state index contributed by atoms with van der Waals surface area (Å²) < 4.78 is 57.0. The first-order chi connectivity index (χ1) is 15.3. The predicted molar refractivity (Wildman–Crippen MR) is 118 cm³/mol. The third-order valence-electron chi connectivity index (χ3n) is 4.80. The second-order valence-corrected chi connectivity index (χ2v) is 8.22. The molecule has 32 heavy (non-hydrogen) atoms. The molecular formula is C21H18ClF4N5S. The number of pyridine rings is 2. The van der Waals surface area contributed by atoms with Crippen molar-refractivity contribution in [2.75, 3.05) is 35.8 Å². The van der Waals surface area contributed by atoms with Crippen LogP contribution >= 0.6 is 23.5 Å². The summed E-state index contributed by atoms with van der Waals surface area (Å²) in [4.78, 5) is 10.9. The van der Waals surface area contributed by atoms with Crippen molar-refractivity contribution in [1.29, 1.82) is 0 Å². The normalized spacial score (nSPS) is 14.5. The summed E-state index contributed by atoms with van der Waals surface area (Å²) in [6.45, 7) is 3.44. The largest absolute Gasteiger partial charge is 0.418 e. The lowest BCUT2D eigenvalue weighted by atomic mass is 10.1. The molecule has 1 aliphatic rings. The number of nitrogens with zero attached hydrogens (tertiary/aromatic N) is 3. The van der Waals surface area contributed by atoms with Crippen LogP contribution < -0.4 is 14.9 Å². The van der Waals surface area contributed by atoms with Crippen molar-refractivity contribution in [3.05, 3.63) is 64.9 Å². The molecule has 0 radical (unpaired) electrons. The van der Waals surface area contributed by atoms with Crippen LogP contribution in [0.1, 0.15) is 5.56 Å². The van der Waals surface area contributed by atoms with E-state index >= 15 is 0 Å². The third kappa shape index (κ3) is 5.25. The molecule has 0 bridgehead atoms. The summed E-state index contributed by atoms with van der Waals surface area (Å²) in [5, 5.41) is 3.77. The second kappa shape index (κ2) is 9.51. The third-order valence-corrected chi connectivity index (χ3v) is 5.86. The van der Waals surface area contributed by atoms with E-state index in [-0.39, 0.29) is 22.1 Å². The molecule has 0 unspecified atom stereocenters. The Kier molecular flexibility index (Phi) is 6.73. The lowest BCUT2D eigenvalue weighted by Gasteiger charge is -2.28. The average molecular weight is 484 g/mol. The van der Waals surface area contributed by atoms with E-state index in [1.165, 1.54) is 12.1 Å². The summed E-state index contributed by atoms with van der Waals surface area (Å²) in [7, 11) is 0. The topological polar surface area (TPSA) is 53.1 Å². The first-order valence-electron chi connectivity index (χ1n) is 9.70. The monoisotopic (exact) mass is 483 g/mol. The zero-order valence-electron chi connectivity index (χ0n) is 16.6. The SMILES string of the molecule is Fc1ccc(-c2nc(NSc3cccc(N4CCNCC4)n3)ccc2C(F)(F)F)c(Cl)c1. The van der Waals surface area contributed by atoms with Crippen LogP contribution in [-0.2, 0) is 6.18 Å². The molecule has 0 saturated carbocycles. The van der Waals surface area contributed by atoms with Crippen LogP contribution in [-0.4, -0.2) is 36.1 Å². The zero-order valence-corrected chi connectivity index (χ0v) is 18.2. The van der Waals surface area contributed by atoms with E-state index in [0.717, 1.165) is 62.1 Å². The predicted octanol–water partition coefficient (Wildman–Crippen LogP) is 5.48. The van der Waals surface area contributed by atoms with Gasteiger partial charge >= 0.3 is 6.18 Å². The van der Waals surface area contributed by atoms with Gasteiger partial charge in [-0.3, -0.25) is 0 Å². The van der Waals surface area contributed by atoms with Gasteiger partial charge in [-0.15, -0.1) is 0 Å². The summed E-state index contributed by atoms with van der Waals surface area (Å²) in [6.07, 6.45) is -4.65. The summed E-state index contributed by atoms with van der Waals surface area (Å²) in [6, 6.07) is 10.9. The lowest BCUT2D eigenvalue weighted by Crippen LogP contribution is -2.43. The van der Waals surface area contributed by atoms with E-state index in [0.29, 0.717) is 5.03 Å². The first kappa shape index (κ1) is 22.6. The van der Waals surface area contributed by atoms with Gasteiger partial charge in [0, 0.05) is 43.7 Å². The summed E-state index contributed by atoms with van der Waals surface area (Å²) in [5.74, 6) is 0.373. The molecule has 1 fully saturated rings. The fourth-order valence-electron chi connectivity index (χ4n) is 3.27. The number of piperazine rings is 1. The molecule has 11 heteroatoms. The number of benzene rings is 1. The maximum Gasteiger partial charge on any atom is 0.418 e. The van der Waals surface area contributed by atoms with Crippen molar-refractivity contribution in [3.8, 4) is 11.3 Å². The van der Waals surface area contributed by atoms with Gasteiger partial charge in [-0.25, -0.2) is 14.4 Å². The lowest BCUT2D eigenvalue weighted by molar-refractivity contribution is -0.137. The average Bonchev–Trinajstić information content (AvgIpc) is 2.78. The Morgan fingerprint density at radius 3 is 2.53 bits per heavy atom. The summed E-state index contributed by atoms with van der Waals surface area (Å²) in [5.41, 5.74) is -1.34. The van der Waals surface area contributed by atoms with Gasteiger partial charge in [0.1, 0.15) is 22.5 Å². The van der Waals surface area contributed by atoms with Crippen LogP contribution in [0.15, 0.2) is 53.6 Å². The van der Waals surface area contributed by atoms with Gasteiger partial charge < -0.3 is 14.9 Å². The van der Waals surface area contributed by atoms with Gasteiger partial charge in [0.15, 0.2) is 0 Å². The fraction of sp³-hybridized carbons (Fsp3) is 0.238. The van der Waals surface area contributed by atoms with Crippen molar-refractivity contribution < 1.29 is 17.6 Å². The van der Waals surface area contributed by atoms with Gasteiger partial charge in [0.2, 0.25) is 0 Å². The summed E-state index contributed by atoms with van der Waals surface area (Å²) >= 11 is 7.15. The van der Waals surface area contributed by atoms with Crippen molar-refractivity contribution in [3.63, 3.8) is 0 Å². The van der Waals surface area contributed by atoms with Crippen molar-refractivity contribution in [2.45, 2.75) is 11.2 Å². The van der Waals surface area contributed by atoms with Gasteiger partial charge in [-0.2, -0.15) is 13.2 Å².